The standard InChI is InChI=1S/C23H28N4O2S/c1-4-5-19(25-22(28)18-10-12-20(29-3)13-11-18)15-24-23-26-21(27-30-23)14-17-8-6-16(2)7-9-17/h6-13,19H,4-5,14-15H2,1-3H3,(H,25,28)(H,24,26,27). The lowest BCUT2D eigenvalue weighted by atomic mass is 10.1. The van der Waals surface area contributed by atoms with Gasteiger partial charge in [-0.05, 0) is 43.2 Å². The maximum Gasteiger partial charge on any atom is 0.251 e. The van der Waals surface area contributed by atoms with Crippen molar-refractivity contribution < 1.29 is 9.53 Å². The second-order valence-electron chi connectivity index (χ2n) is 7.25. The van der Waals surface area contributed by atoms with Gasteiger partial charge in [-0.25, -0.2) is 4.98 Å². The van der Waals surface area contributed by atoms with E-state index >= 15 is 0 Å². The Labute approximate surface area is 181 Å². The van der Waals surface area contributed by atoms with Crippen LogP contribution in [0.3, 0.4) is 0 Å². The Morgan fingerprint density at radius 2 is 1.87 bits per heavy atom. The molecule has 30 heavy (non-hydrogen) atoms. The lowest BCUT2D eigenvalue weighted by Gasteiger charge is -2.18. The molecule has 0 saturated heterocycles. The Hall–Kier alpha value is -2.93. The lowest BCUT2D eigenvalue weighted by molar-refractivity contribution is 0.0937. The van der Waals surface area contributed by atoms with E-state index in [0.717, 1.165) is 29.5 Å². The first-order valence-electron chi connectivity index (χ1n) is 10.1. The summed E-state index contributed by atoms with van der Waals surface area (Å²) < 4.78 is 9.60. The van der Waals surface area contributed by atoms with E-state index < -0.39 is 0 Å². The Morgan fingerprint density at radius 1 is 1.13 bits per heavy atom. The van der Waals surface area contributed by atoms with Crippen molar-refractivity contribution in [2.75, 3.05) is 19.0 Å². The summed E-state index contributed by atoms with van der Waals surface area (Å²) in [5.74, 6) is 1.45. The fourth-order valence-electron chi connectivity index (χ4n) is 3.08. The molecule has 6 nitrogen and oxygen atoms in total. The number of amides is 1. The second kappa shape index (κ2) is 10.7. The molecule has 0 fully saturated rings. The second-order valence-corrected chi connectivity index (χ2v) is 8.00. The predicted octanol–water partition coefficient (Wildman–Crippen LogP) is 4.46. The van der Waals surface area contributed by atoms with Gasteiger partial charge in [0.1, 0.15) is 11.6 Å². The summed E-state index contributed by atoms with van der Waals surface area (Å²) in [7, 11) is 1.61. The number of ether oxygens (including phenoxy) is 1. The van der Waals surface area contributed by atoms with Gasteiger partial charge >= 0.3 is 0 Å². The summed E-state index contributed by atoms with van der Waals surface area (Å²) in [5, 5.41) is 7.21. The van der Waals surface area contributed by atoms with Gasteiger partial charge in [0.25, 0.3) is 5.91 Å². The Kier molecular flexibility index (Phi) is 7.79. The van der Waals surface area contributed by atoms with Crippen molar-refractivity contribution >= 4 is 22.6 Å². The summed E-state index contributed by atoms with van der Waals surface area (Å²) in [6, 6.07) is 15.5. The van der Waals surface area contributed by atoms with Gasteiger partial charge in [-0.1, -0.05) is 43.2 Å². The van der Waals surface area contributed by atoms with Crippen molar-refractivity contribution in [1.29, 1.82) is 0 Å². The zero-order chi connectivity index (χ0) is 21.3. The molecule has 3 rings (SSSR count). The monoisotopic (exact) mass is 424 g/mol. The van der Waals surface area contributed by atoms with E-state index in [4.69, 9.17) is 4.74 Å². The molecule has 0 spiro atoms. The maximum atomic E-state index is 12.6. The molecule has 2 N–H and O–H groups in total. The van der Waals surface area contributed by atoms with Crippen LogP contribution in [0.15, 0.2) is 48.5 Å². The van der Waals surface area contributed by atoms with Crippen LogP contribution in [0.5, 0.6) is 5.75 Å². The van der Waals surface area contributed by atoms with Crippen LogP contribution in [-0.4, -0.2) is 35.0 Å². The number of hydrogen-bond donors (Lipinski definition) is 2. The smallest absolute Gasteiger partial charge is 0.251 e. The highest BCUT2D eigenvalue weighted by atomic mass is 32.1. The summed E-state index contributed by atoms with van der Waals surface area (Å²) >= 11 is 1.35. The molecule has 3 aromatic rings. The molecule has 1 atom stereocenters. The number of nitrogens with one attached hydrogen (secondary N) is 2. The molecule has 1 amide bonds. The van der Waals surface area contributed by atoms with Crippen molar-refractivity contribution in [2.45, 2.75) is 39.2 Å². The molecule has 0 radical (unpaired) electrons. The Bertz CT molecular complexity index is 939. The highest BCUT2D eigenvalue weighted by Crippen LogP contribution is 2.16. The van der Waals surface area contributed by atoms with Crippen molar-refractivity contribution in [3.8, 4) is 5.75 Å². The van der Waals surface area contributed by atoms with E-state index in [0.29, 0.717) is 18.5 Å². The van der Waals surface area contributed by atoms with E-state index in [1.807, 2.05) is 0 Å². The number of nitrogens with zero attached hydrogens (tertiary/aromatic N) is 2. The highest BCUT2D eigenvalue weighted by Gasteiger charge is 2.14. The quantitative estimate of drug-likeness (QED) is 0.503. The molecule has 0 aliphatic rings. The summed E-state index contributed by atoms with van der Waals surface area (Å²) in [6.45, 7) is 4.79. The SMILES string of the molecule is CCCC(CNc1nc(Cc2ccc(C)cc2)ns1)NC(=O)c1ccc(OC)cc1. The average molecular weight is 425 g/mol. The van der Waals surface area contributed by atoms with Crippen molar-refractivity contribution in [1.82, 2.24) is 14.7 Å². The predicted molar refractivity (Wildman–Crippen MR) is 122 cm³/mol. The molecule has 1 heterocycles. The van der Waals surface area contributed by atoms with E-state index in [1.165, 1.54) is 22.7 Å². The number of anilines is 1. The summed E-state index contributed by atoms with van der Waals surface area (Å²) in [6.07, 6.45) is 2.57. The zero-order valence-electron chi connectivity index (χ0n) is 17.6. The number of aromatic nitrogens is 2. The Morgan fingerprint density at radius 3 is 2.53 bits per heavy atom. The van der Waals surface area contributed by atoms with Gasteiger partial charge in [-0.2, -0.15) is 4.37 Å². The van der Waals surface area contributed by atoms with Crippen LogP contribution in [0.1, 0.15) is 47.1 Å². The summed E-state index contributed by atoms with van der Waals surface area (Å²) in [4.78, 5) is 17.2. The number of hydrogen-bond acceptors (Lipinski definition) is 6. The summed E-state index contributed by atoms with van der Waals surface area (Å²) in [5.41, 5.74) is 3.06. The highest BCUT2D eigenvalue weighted by molar-refractivity contribution is 7.09. The minimum atomic E-state index is -0.0878. The number of methoxy groups -OCH3 is 1. The van der Waals surface area contributed by atoms with Crippen molar-refractivity contribution in [2.24, 2.45) is 0 Å². The first kappa shape index (κ1) is 21.8. The van der Waals surface area contributed by atoms with Crippen LogP contribution in [0.4, 0.5) is 5.13 Å². The minimum absolute atomic E-state index is 0.00838. The molecular formula is C23H28N4O2S. The van der Waals surface area contributed by atoms with Crippen LogP contribution >= 0.6 is 11.5 Å². The first-order valence-corrected chi connectivity index (χ1v) is 10.9. The van der Waals surface area contributed by atoms with Crippen molar-refractivity contribution in [3.05, 3.63) is 71.0 Å². The topological polar surface area (TPSA) is 76.1 Å². The maximum absolute atomic E-state index is 12.6. The van der Waals surface area contributed by atoms with Gasteiger partial charge in [-0.15, -0.1) is 0 Å². The average Bonchev–Trinajstić information content (AvgIpc) is 3.21. The van der Waals surface area contributed by atoms with Gasteiger partial charge in [-0.3, -0.25) is 4.79 Å². The van der Waals surface area contributed by atoms with Gasteiger partial charge in [0, 0.05) is 36.1 Å². The number of carbonyl (C=O) groups is 1. The van der Waals surface area contributed by atoms with Gasteiger partial charge in [0.15, 0.2) is 0 Å². The molecule has 0 saturated carbocycles. The Balaban J connectivity index is 1.54. The fraction of sp³-hybridized carbons (Fsp3) is 0.348. The molecule has 0 bridgehead atoms. The normalized spacial score (nSPS) is 11.7. The van der Waals surface area contributed by atoms with Gasteiger partial charge in [0.2, 0.25) is 5.13 Å². The lowest BCUT2D eigenvalue weighted by Crippen LogP contribution is -2.39. The fourth-order valence-corrected chi connectivity index (χ4v) is 3.67. The third-order valence-electron chi connectivity index (χ3n) is 4.78. The van der Waals surface area contributed by atoms with E-state index in [1.54, 1.807) is 31.4 Å². The minimum Gasteiger partial charge on any atom is -0.497 e. The number of benzene rings is 2. The third kappa shape index (κ3) is 6.29. The molecule has 0 aliphatic heterocycles. The molecular weight excluding hydrogens is 396 g/mol. The van der Waals surface area contributed by atoms with Crippen LogP contribution in [-0.2, 0) is 6.42 Å². The number of aryl methyl sites for hydroxylation is 1. The zero-order valence-corrected chi connectivity index (χ0v) is 18.5. The number of rotatable bonds is 10. The van der Waals surface area contributed by atoms with Crippen LogP contribution in [0, 0.1) is 6.92 Å². The largest absolute Gasteiger partial charge is 0.497 e. The third-order valence-corrected chi connectivity index (χ3v) is 5.49. The van der Waals surface area contributed by atoms with Crippen LogP contribution < -0.4 is 15.4 Å². The first-order chi connectivity index (χ1) is 14.6. The van der Waals surface area contributed by atoms with Crippen LogP contribution in [0.25, 0.3) is 0 Å². The number of carbonyl (C=O) groups excluding carboxylic acids is 1. The molecule has 1 aromatic heterocycles. The molecule has 2 aromatic carbocycles. The van der Waals surface area contributed by atoms with E-state index in [2.05, 4.69) is 58.1 Å². The molecule has 158 valence electrons. The van der Waals surface area contributed by atoms with Gasteiger partial charge < -0.3 is 15.4 Å². The molecule has 1 unspecified atom stereocenters. The van der Waals surface area contributed by atoms with Crippen molar-refractivity contribution in [3.63, 3.8) is 0 Å². The van der Waals surface area contributed by atoms with E-state index in [9.17, 15) is 4.79 Å². The molecule has 7 heteroatoms. The molecule has 0 aliphatic carbocycles. The van der Waals surface area contributed by atoms with E-state index in [-0.39, 0.29) is 11.9 Å². The van der Waals surface area contributed by atoms with Crippen LogP contribution in [0.2, 0.25) is 0 Å². The van der Waals surface area contributed by atoms with Gasteiger partial charge in [0.05, 0.1) is 7.11 Å².